The Bertz CT molecular complexity index is 480. The fraction of sp³-hybridized carbons (Fsp3) is 0.750. The van der Waals surface area contributed by atoms with E-state index < -0.39 is 11.7 Å². The molecule has 9 nitrogen and oxygen atoms in total. The maximum atomic E-state index is 11.4. The summed E-state index contributed by atoms with van der Waals surface area (Å²) in [6, 6.07) is 0. The van der Waals surface area contributed by atoms with Gasteiger partial charge in [0.2, 0.25) is 0 Å². The van der Waals surface area contributed by atoms with E-state index in [0.29, 0.717) is 25.2 Å². The molecule has 0 radical (unpaired) electrons. The zero-order chi connectivity index (χ0) is 15.9. The van der Waals surface area contributed by atoms with Crippen molar-refractivity contribution in [3.8, 4) is 0 Å². The number of carbonyl (C=O) groups is 2. The van der Waals surface area contributed by atoms with E-state index in [0.717, 1.165) is 0 Å². The molecule has 0 saturated carbocycles. The van der Waals surface area contributed by atoms with Crippen LogP contribution in [0.25, 0.3) is 0 Å². The lowest BCUT2D eigenvalue weighted by Crippen LogP contribution is -2.33. The van der Waals surface area contributed by atoms with E-state index >= 15 is 0 Å². The number of nitrogens with zero attached hydrogens (tertiary/aromatic N) is 4. The number of ether oxygens (including phenoxy) is 1. The topological polar surface area (TPSA) is 125 Å². The lowest BCUT2D eigenvalue weighted by Gasteiger charge is -2.19. The second-order valence-corrected chi connectivity index (χ2v) is 5.51. The summed E-state index contributed by atoms with van der Waals surface area (Å²) < 4.78 is 5.10. The first kappa shape index (κ1) is 17.0. The Morgan fingerprint density at radius 3 is 2.71 bits per heavy atom. The Balaban J connectivity index is 2.24. The maximum Gasteiger partial charge on any atom is 0.407 e. The Labute approximate surface area is 123 Å². The molecule has 1 amide bonds. The first-order valence-corrected chi connectivity index (χ1v) is 6.75. The van der Waals surface area contributed by atoms with Crippen molar-refractivity contribution in [3.05, 3.63) is 5.82 Å². The number of hydrogen-bond donors (Lipinski definition) is 2. The van der Waals surface area contributed by atoms with Crippen molar-refractivity contribution in [1.29, 1.82) is 0 Å². The first-order valence-electron chi connectivity index (χ1n) is 6.75. The molecule has 0 atom stereocenters. The predicted octanol–water partition coefficient (Wildman–Crippen LogP) is -0.342. The number of Topliss-reactive ketones (excluding diaryl/α,β-unsaturated/α-hetero) is 1. The van der Waals surface area contributed by atoms with Gasteiger partial charge in [-0.1, -0.05) is 0 Å². The molecule has 0 fully saturated rings. The number of ketones is 1. The van der Waals surface area contributed by atoms with Gasteiger partial charge in [-0.25, -0.2) is 4.79 Å². The lowest BCUT2D eigenvalue weighted by molar-refractivity contribution is -0.118. The second-order valence-electron chi connectivity index (χ2n) is 5.51. The molecule has 0 saturated heterocycles. The molecule has 0 spiro atoms. The van der Waals surface area contributed by atoms with Crippen molar-refractivity contribution < 1.29 is 14.3 Å². The van der Waals surface area contributed by atoms with Crippen LogP contribution in [0, 0.1) is 0 Å². The molecule has 0 unspecified atom stereocenters. The zero-order valence-corrected chi connectivity index (χ0v) is 12.6. The first-order chi connectivity index (χ1) is 9.80. The molecule has 0 aliphatic heterocycles. The summed E-state index contributed by atoms with van der Waals surface area (Å²) in [5.74, 6) is 0.358. The average Bonchev–Trinajstić information content (AvgIpc) is 2.80. The van der Waals surface area contributed by atoms with Crippen LogP contribution >= 0.6 is 0 Å². The molecule has 118 valence electrons. The van der Waals surface area contributed by atoms with Gasteiger partial charge in [0.05, 0.1) is 6.54 Å². The van der Waals surface area contributed by atoms with Crippen LogP contribution in [0.1, 0.15) is 33.0 Å². The monoisotopic (exact) mass is 298 g/mol. The van der Waals surface area contributed by atoms with E-state index in [4.69, 9.17) is 10.5 Å². The van der Waals surface area contributed by atoms with Crippen molar-refractivity contribution in [3.63, 3.8) is 0 Å². The minimum absolute atomic E-state index is 0.0274. The van der Waals surface area contributed by atoms with Crippen LogP contribution in [-0.4, -0.2) is 50.8 Å². The van der Waals surface area contributed by atoms with Crippen molar-refractivity contribution in [2.45, 2.75) is 45.8 Å². The van der Waals surface area contributed by atoms with Crippen LogP contribution in [0.2, 0.25) is 0 Å². The standard InChI is InChI=1S/C12H22N6O3/c1-12(2,3)21-11(20)14-6-4-5-10-15-17-18(16-10)8-9(19)7-13/h4-8,13H2,1-3H3,(H,14,20). The minimum Gasteiger partial charge on any atom is -0.444 e. The highest BCUT2D eigenvalue weighted by atomic mass is 16.6. The molecule has 1 aromatic heterocycles. The van der Waals surface area contributed by atoms with Crippen molar-refractivity contribution in [1.82, 2.24) is 25.5 Å². The average molecular weight is 298 g/mol. The Hall–Kier alpha value is -2.03. The van der Waals surface area contributed by atoms with Gasteiger partial charge in [-0.15, -0.1) is 10.2 Å². The fourth-order valence-electron chi connectivity index (χ4n) is 1.42. The SMILES string of the molecule is CC(C)(C)OC(=O)NCCCc1nnn(CC(=O)CN)n1. The Morgan fingerprint density at radius 1 is 1.38 bits per heavy atom. The number of rotatable bonds is 7. The molecule has 0 bridgehead atoms. The van der Waals surface area contributed by atoms with Gasteiger partial charge >= 0.3 is 6.09 Å². The highest BCUT2D eigenvalue weighted by Crippen LogP contribution is 2.06. The van der Waals surface area contributed by atoms with Gasteiger partial charge in [0.25, 0.3) is 0 Å². The molecule has 3 N–H and O–H groups in total. The molecule has 1 heterocycles. The van der Waals surface area contributed by atoms with Crippen molar-refractivity contribution >= 4 is 11.9 Å². The van der Waals surface area contributed by atoms with Crippen molar-refractivity contribution in [2.75, 3.05) is 13.1 Å². The highest BCUT2D eigenvalue weighted by molar-refractivity contribution is 5.79. The number of alkyl carbamates (subject to hydrolysis) is 1. The number of nitrogens with two attached hydrogens (primary N) is 1. The summed E-state index contributed by atoms with van der Waals surface area (Å²) >= 11 is 0. The normalized spacial score (nSPS) is 11.2. The lowest BCUT2D eigenvalue weighted by atomic mass is 10.2. The molecule has 1 aromatic rings. The summed E-state index contributed by atoms with van der Waals surface area (Å²) in [5, 5.41) is 14.3. The van der Waals surface area contributed by atoms with Crippen LogP contribution in [0.4, 0.5) is 4.79 Å². The van der Waals surface area contributed by atoms with Gasteiger partial charge in [-0.2, -0.15) is 4.80 Å². The largest absolute Gasteiger partial charge is 0.444 e. The zero-order valence-electron chi connectivity index (χ0n) is 12.6. The molecule has 1 rings (SSSR count). The number of nitrogens with one attached hydrogen (secondary N) is 1. The molecule has 21 heavy (non-hydrogen) atoms. The number of carbonyl (C=O) groups excluding carboxylic acids is 2. The summed E-state index contributed by atoms with van der Waals surface area (Å²) in [6.45, 7) is 5.84. The van der Waals surface area contributed by atoms with E-state index in [2.05, 4.69) is 20.7 Å². The molecular formula is C12H22N6O3. The van der Waals surface area contributed by atoms with Gasteiger partial charge in [-0.3, -0.25) is 4.79 Å². The third-order valence-electron chi connectivity index (χ3n) is 2.29. The van der Waals surface area contributed by atoms with Crippen LogP contribution in [0.15, 0.2) is 0 Å². The van der Waals surface area contributed by atoms with E-state index in [9.17, 15) is 9.59 Å². The van der Waals surface area contributed by atoms with Crippen molar-refractivity contribution in [2.24, 2.45) is 5.73 Å². The predicted molar refractivity (Wildman–Crippen MR) is 74.4 cm³/mol. The third kappa shape index (κ3) is 7.35. The summed E-state index contributed by atoms with van der Waals surface area (Å²) in [4.78, 5) is 23.7. The van der Waals surface area contributed by atoms with Gasteiger partial charge < -0.3 is 15.8 Å². The quantitative estimate of drug-likeness (QED) is 0.659. The minimum atomic E-state index is -0.510. The van der Waals surface area contributed by atoms with Crippen LogP contribution < -0.4 is 11.1 Å². The summed E-state index contributed by atoms with van der Waals surface area (Å²) in [6.07, 6.45) is 0.746. The molecule has 0 aromatic carbocycles. The molecular weight excluding hydrogens is 276 g/mol. The summed E-state index contributed by atoms with van der Waals surface area (Å²) in [5.41, 5.74) is 4.70. The molecule has 0 aliphatic rings. The molecule has 9 heteroatoms. The third-order valence-corrected chi connectivity index (χ3v) is 2.29. The van der Waals surface area contributed by atoms with Crippen LogP contribution in [0.5, 0.6) is 0 Å². The van der Waals surface area contributed by atoms with Gasteiger partial charge in [0, 0.05) is 13.0 Å². The number of aryl methyl sites for hydroxylation is 1. The van der Waals surface area contributed by atoms with E-state index in [1.165, 1.54) is 4.80 Å². The van der Waals surface area contributed by atoms with Gasteiger partial charge in [-0.05, 0) is 32.4 Å². The second kappa shape index (κ2) is 7.67. The number of aromatic nitrogens is 4. The number of hydrogen-bond acceptors (Lipinski definition) is 7. The van der Waals surface area contributed by atoms with E-state index in [1.54, 1.807) is 20.8 Å². The Kier molecular flexibility index (Phi) is 6.22. The van der Waals surface area contributed by atoms with Gasteiger partial charge in [0.1, 0.15) is 12.1 Å². The van der Waals surface area contributed by atoms with Crippen LogP contribution in [0.3, 0.4) is 0 Å². The van der Waals surface area contributed by atoms with Gasteiger partial charge in [0.15, 0.2) is 11.6 Å². The molecule has 0 aliphatic carbocycles. The van der Waals surface area contributed by atoms with E-state index in [1.807, 2.05) is 0 Å². The highest BCUT2D eigenvalue weighted by Gasteiger charge is 2.15. The smallest absolute Gasteiger partial charge is 0.407 e. The van der Waals surface area contributed by atoms with Crippen LogP contribution in [-0.2, 0) is 22.5 Å². The number of amides is 1. The Morgan fingerprint density at radius 2 is 2.10 bits per heavy atom. The fourth-order valence-corrected chi connectivity index (χ4v) is 1.42. The van der Waals surface area contributed by atoms with E-state index in [-0.39, 0.29) is 18.9 Å². The summed E-state index contributed by atoms with van der Waals surface area (Å²) in [7, 11) is 0. The number of tetrazole rings is 1. The maximum absolute atomic E-state index is 11.4.